The van der Waals surface area contributed by atoms with Gasteiger partial charge in [0.15, 0.2) is 0 Å². The first-order chi connectivity index (χ1) is 16.1. The lowest BCUT2D eigenvalue weighted by atomic mass is 10.1. The second kappa shape index (κ2) is 9.09. The number of rotatable bonds is 5. The normalized spacial score (nSPS) is 11.6. The summed E-state index contributed by atoms with van der Waals surface area (Å²) in [6.45, 7) is 3.95. The van der Waals surface area contributed by atoms with Gasteiger partial charge in [0.1, 0.15) is 11.4 Å². The van der Waals surface area contributed by atoms with Crippen LogP contribution in [-0.2, 0) is 12.7 Å². The number of aryl methyl sites for hydroxylation is 1. The van der Waals surface area contributed by atoms with Gasteiger partial charge in [0.2, 0.25) is 0 Å². The molecule has 0 aliphatic rings. The van der Waals surface area contributed by atoms with Gasteiger partial charge in [-0.25, -0.2) is 4.98 Å². The standard InChI is InChI=1S/C24H20BrF3N4O2/c1-13-22(14(2)32(31-13)12-15-5-4-6-17(9-15)34-3)30-23(33)19-11-21(24(26,27)28)29-20-8-7-16(25)10-18(19)20/h4-11H,12H2,1-3H3,(H,30,33). The maximum atomic E-state index is 13.4. The van der Waals surface area contributed by atoms with Crippen LogP contribution in [0.2, 0.25) is 0 Å². The molecule has 10 heteroatoms. The molecule has 0 unspecified atom stereocenters. The van der Waals surface area contributed by atoms with Gasteiger partial charge in [0, 0.05) is 9.86 Å². The predicted molar refractivity (Wildman–Crippen MR) is 126 cm³/mol. The molecule has 4 aromatic rings. The second-order valence-corrected chi connectivity index (χ2v) is 8.64. The highest BCUT2D eigenvalue weighted by Gasteiger charge is 2.34. The SMILES string of the molecule is COc1cccc(Cn2nc(C)c(NC(=O)c3cc(C(F)(F)F)nc4ccc(Br)cc34)c2C)c1. The summed E-state index contributed by atoms with van der Waals surface area (Å²) in [4.78, 5) is 16.9. The van der Waals surface area contributed by atoms with E-state index in [1.165, 1.54) is 6.07 Å². The van der Waals surface area contributed by atoms with E-state index in [4.69, 9.17) is 4.74 Å². The average molecular weight is 533 g/mol. The molecule has 0 bridgehead atoms. The van der Waals surface area contributed by atoms with Crippen molar-refractivity contribution >= 4 is 38.4 Å². The largest absolute Gasteiger partial charge is 0.497 e. The summed E-state index contributed by atoms with van der Waals surface area (Å²) in [5.74, 6) is 0.0342. The van der Waals surface area contributed by atoms with Crippen molar-refractivity contribution in [2.75, 3.05) is 12.4 Å². The van der Waals surface area contributed by atoms with Crippen molar-refractivity contribution in [2.24, 2.45) is 0 Å². The van der Waals surface area contributed by atoms with Crippen molar-refractivity contribution in [1.82, 2.24) is 14.8 Å². The fourth-order valence-electron chi connectivity index (χ4n) is 3.69. The van der Waals surface area contributed by atoms with Crippen molar-refractivity contribution in [2.45, 2.75) is 26.6 Å². The van der Waals surface area contributed by atoms with E-state index in [-0.39, 0.29) is 11.1 Å². The average Bonchev–Trinajstić information content (AvgIpc) is 3.05. The molecule has 0 saturated carbocycles. The topological polar surface area (TPSA) is 69.0 Å². The van der Waals surface area contributed by atoms with Gasteiger partial charge >= 0.3 is 6.18 Å². The molecule has 176 valence electrons. The molecule has 6 nitrogen and oxygen atoms in total. The fraction of sp³-hybridized carbons (Fsp3) is 0.208. The van der Waals surface area contributed by atoms with Crippen molar-refractivity contribution in [3.05, 3.63) is 81.2 Å². The van der Waals surface area contributed by atoms with Crippen LogP contribution in [0.15, 0.2) is 53.0 Å². The molecule has 2 heterocycles. The number of methoxy groups -OCH3 is 1. The molecular weight excluding hydrogens is 513 g/mol. The quantitative estimate of drug-likeness (QED) is 0.335. The third kappa shape index (κ3) is 4.77. The van der Waals surface area contributed by atoms with Gasteiger partial charge in [0.05, 0.1) is 41.8 Å². The fourth-order valence-corrected chi connectivity index (χ4v) is 4.05. The second-order valence-electron chi connectivity index (χ2n) is 7.72. The zero-order chi connectivity index (χ0) is 24.6. The number of nitrogens with zero attached hydrogens (tertiary/aromatic N) is 3. The minimum atomic E-state index is -4.69. The lowest BCUT2D eigenvalue weighted by molar-refractivity contribution is -0.140. The Morgan fingerprint density at radius 2 is 1.91 bits per heavy atom. The van der Waals surface area contributed by atoms with Crippen molar-refractivity contribution < 1.29 is 22.7 Å². The van der Waals surface area contributed by atoms with Gasteiger partial charge < -0.3 is 10.1 Å². The number of ether oxygens (including phenoxy) is 1. The Labute approximate surface area is 201 Å². The van der Waals surface area contributed by atoms with Gasteiger partial charge in [-0.3, -0.25) is 9.48 Å². The lowest BCUT2D eigenvalue weighted by Gasteiger charge is -2.13. The number of aromatic nitrogens is 3. The number of amides is 1. The number of carbonyl (C=O) groups is 1. The van der Waals surface area contributed by atoms with Gasteiger partial charge in [-0.15, -0.1) is 0 Å². The van der Waals surface area contributed by atoms with Gasteiger partial charge in [-0.1, -0.05) is 28.1 Å². The van der Waals surface area contributed by atoms with Crippen molar-refractivity contribution in [1.29, 1.82) is 0 Å². The van der Waals surface area contributed by atoms with Gasteiger partial charge in [0.25, 0.3) is 5.91 Å². The summed E-state index contributed by atoms with van der Waals surface area (Å²) >= 11 is 3.30. The van der Waals surface area contributed by atoms with Crippen LogP contribution < -0.4 is 10.1 Å². The summed E-state index contributed by atoms with van der Waals surface area (Å²) in [6.07, 6.45) is -4.69. The molecule has 4 rings (SSSR count). The number of benzene rings is 2. The van der Waals surface area contributed by atoms with Gasteiger partial charge in [-0.05, 0) is 55.8 Å². The van der Waals surface area contributed by atoms with E-state index < -0.39 is 17.8 Å². The van der Waals surface area contributed by atoms with Crippen LogP contribution in [0.5, 0.6) is 5.75 Å². The van der Waals surface area contributed by atoms with Crippen LogP contribution in [0.4, 0.5) is 18.9 Å². The maximum Gasteiger partial charge on any atom is 0.433 e. The minimum absolute atomic E-state index is 0.0744. The molecule has 0 aliphatic carbocycles. The van der Waals surface area contributed by atoms with Crippen molar-refractivity contribution in [3.63, 3.8) is 0 Å². The summed E-state index contributed by atoms with van der Waals surface area (Å²) in [6, 6.07) is 12.9. The van der Waals surface area contributed by atoms with E-state index in [1.807, 2.05) is 24.3 Å². The zero-order valence-electron chi connectivity index (χ0n) is 18.5. The summed E-state index contributed by atoms with van der Waals surface area (Å²) in [5, 5.41) is 7.56. The first-order valence-electron chi connectivity index (χ1n) is 10.2. The van der Waals surface area contributed by atoms with Crippen LogP contribution in [0.3, 0.4) is 0 Å². The van der Waals surface area contributed by atoms with Gasteiger partial charge in [-0.2, -0.15) is 18.3 Å². The van der Waals surface area contributed by atoms with E-state index in [1.54, 1.807) is 37.8 Å². The van der Waals surface area contributed by atoms with E-state index in [2.05, 4.69) is 31.3 Å². The Bertz CT molecular complexity index is 1400. The molecule has 0 saturated heterocycles. The molecule has 0 fully saturated rings. The molecule has 0 aliphatic heterocycles. The number of anilines is 1. The summed E-state index contributed by atoms with van der Waals surface area (Å²) < 4.78 is 47.9. The molecular formula is C24H20BrF3N4O2. The smallest absolute Gasteiger partial charge is 0.433 e. The van der Waals surface area contributed by atoms with Crippen LogP contribution in [0.1, 0.15) is 33.0 Å². The Kier molecular flexibility index (Phi) is 6.35. The molecule has 0 radical (unpaired) electrons. The zero-order valence-corrected chi connectivity index (χ0v) is 20.1. The first-order valence-corrected chi connectivity index (χ1v) is 11.0. The number of fused-ring (bicyclic) bond motifs is 1. The van der Waals surface area contributed by atoms with Crippen LogP contribution >= 0.6 is 15.9 Å². The molecule has 0 atom stereocenters. The third-order valence-electron chi connectivity index (χ3n) is 5.39. The highest BCUT2D eigenvalue weighted by molar-refractivity contribution is 9.10. The summed E-state index contributed by atoms with van der Waals surface area (Å²) in [5.41, 5.74) is 1.43. The summed E-state index contributed by atoms with van der Waals surface area (Å²) in [7, 11) is 1.58. The molecule has 2 aromatic carbocycles. The Morgan fingerprint density at radius 3 is 2.62 bits per heavy atom. The Balaban J connectivity index is 1.70. The number of hydrogen-bond donors (Lipinski definition) is 1. The monoisotopic (exact) mass is 532 g/mol. The maximum absolute atomic E-state index is 13.4. The first kappa shape index (κ1) is 23.7. The van der Waals surface area contributed by atoms with E-state index in [9.17, 15) is 18.0 Å². The number of halogens is 4. The lowest BCUT2D eigenvalue weighted by Crippen LogP contribution is -2.17. The van der Waals surface area contributed by atoms with E-state index >= 15 is 0 Å². The molecule has 1 N–H and O–H groups in total. The molecule has 0 spiro atoms. The van der Waals surface area contributed by atoms with Crippen LogP contribution in [0.25, 0.3) is 10.9 Å². The van der Waals surface area contributed by atoms with Crippen molar-refractivity contribution in [3.8, 4) is 5.75 Å². The van der Waals surface area contributed by atoms with E-state index in [0.717, 1.165) is 11.6 Å². The van der Waals surface area contributed by atoms with Crippen LogP contribution in [0, 0.1) is 13.8 Å². The predicted octanol–water partition coefficient (Wildman–Crippen LogP) is 6.14. The number of nitrogens with one attached hydrogen (secondary N) is 1. The molecule has 34 heavy (non-hydrogen) atoms. The number of alkyl halides is 3. The number of hydrogen-bond acceptors (Lipinski definition) is 4. The van der Waals surface area contributed by atoms with Crippen LogP contribution in [-0.4, -0.2) is 27.8 Å². The minimum Gasteiger partial charge on any atom is -0.497 e. The third-order valence-corrected chi connectivity index (χ3v) is 5.89. The number of pyridine rings is 1. The number of carbonyl (C=O) groups excluding carboxylic acids is 1. The molecule has 1 amide bonds. The highest BCUT2D eigenvalue weighted by atomic mass is 79.9. The van der Waals surface area contributed by atoms with E-state index in [0.29, 0.717) is 39.2 Å². The highest BCUT2D eigenvalue weighted by Crippen LogP contribution is 2.32. The Morgan fingerprint density at radius 1 is 1.15 bits per heavy atom. The molecule has 2 aromatic heterocycles. The Hall–Kier alpha value is -3.40.